The van der Waals surface area contributed by atoms with Gasteiger partial charge in [-0.3, -0.25) is 0 Å². The molecule has 0 aliphatic carbocycles. The van der Waals surface area contributed by atoms with Crippen molar-refractivity contribution >= 4 is 17.3 Å². The average molecular weight is 359 g/mol. The Balaban J connectivity index is 1.75. The molecular weight excluding hydrogens is 336 g/mol. The summed E-state index contributed by atoms with van der Waals surface area (Å²) in [5, 5.41) is 8.27. The molecule has 1 heterocycles. The highest BCUT2D eigenvalue weighted by molar-refractivity contribution is 6.30. The maximum atomic E-state index is 6.02. The number of halogens is 1. The van der Waals surface area contributed by atoms with Gasteiger partial charge >= 0.3 is 0 Å². The number of hydrogen-bond acceptors (Lipinski definition) is 4. The number of nitrogens with zero attached hydrogens (tertiary/aromatic N) is 1. The molecule has 5 heteroatoms. The van der Waals surface area contributed by atoms with Crippen molar-refractivity contribution < 1.29 is 9.57 Å². The highest BCUT2D eigenvalue weighted by Crippen LogP contribution is 2.21. The fraction of sp³-hybridized carbons (Fsp3) is 0.350. The first-order valence-corrected chi connectivity index (χ1v) is 8.95. The Morgan fingerprint density at radius 1 is 1.12 bits per heavy atom. The first kappa shape index (κ1) is 17.8. The van der Waals surface area contributed by atoms with E-state index in [9.17, 15) is 0 Å². The molecule has 1 saturated heterocycles. The van der Waals surface area contributed by atoms with Crippen LogP contribution in [-0.4, -0.2) is 32.5 Å². The van der Waals surface area contributed by atoms with Crippen LogP contribution in [0.25, 0.3) is 0 Å². The van der Waals surface area contributed by atoms with Gasteiger partial charge in [-0.1, -0.05) is 41.0 Å². The first-order chi connectivity index (χ1) is 12.3. The van der Waals surface area contributed by atoms with E-state index in [-0.39, 0.29) is 0 Å². The number of nitrogens with one attached hydrogen (secondary N) is 1. The monoisotopic (exact) mass is 358 g/mol. The van der Waals surface area contributed by atoms with Crippen molar-refractivity contribution in [2.24, 2.45) is 11.1 Å². The molecule has 0 amide bonds. The molecule has 25 heavy (non-hydrogen) atoms. The summed E-state index contributed by atoms with van der Waals surface area (Å²) in [7, 11) is 1.55. The van der Waals surface area contributed by atoms with Crippen molar-refractivity contribution in [1.82, 2.24) is 5.32 Å². The number of hydrogen-bond donors (Lipinski definition) is 1. The lowest BCUT2D eigenvalue weighted by molar-refractivity contribution is 0.213. The van der Waals surface area contributed by atoms with E-state index < -0.39 is 0 Å². The van der Waals surface area contributed by atoms with Gasteiger partial charge in [-0.25, -0.2) is 0 Å². The van der Waals surface area contributed by atoms with Gasteiger partial charge in [0, 0.05) is 16.1 Å². The zero-order valence-electron chi connectivity index (χ0n) is 14.4. The van der Waals surface area contributed by atoms with Crippen LogP contribution in [0.2, 0.25) is 5.02 Å². The van der Waals surface area contributed by atoms with Crippen LogP contribution in [0, 0.1) is 5.92 Å². The Kier molecular flexibility index (Phi) is 6.31. The van der Waals surface area contributed by atoms with Crippen molar-refractivity contribution in [3.05, 3.63) is 64.7 Å². The molecule has 1 N–H and O–H groups in total. The van der Waals surface area contributed by atoms with E-state index in [1.54, 1.807) is 7.11 Å². The summed E-state index contributed by atoms with van der Waals surface area (Å²) in [6.45, 7) is 2.91. The smallest absolute Gasteiger partial charge is 0.119 e. The van der Waals surface area contributed by atoms with Crippen molar-refractivity contribution in [2.75, 3.05) is 26.8 Å². The minimum atomic E-state index is 0.619. The Morgan fingerprint density at radius 3 is 2.60 bits per heavy atom. The second kappa shape index (κ2) is 8.88. The Hall–Kier alpha value is -2.04. The number of piperidine rings is 1. The third-order valence-corrected chi connectivity index (χ3v) is 4.60. The van der Waals surface area contributed by atoms with Crippen LogP contribution in [0.15, 0.2) is 53.7 Å². The number of rotatable bonds is 6. The lowest BCUT2D eigenvalue weighted by atomic mass is 9.99. The van der Waals surface area contributed by atoms with Gasteiger partial charge in [-0.2, -0.15) is 0 Å². The molecule has 1 aliphatic rings. The summed E-state index contributed by atoms with van der Waals surface area (Å²) < 4.78 is 6.02. The van der Waals surface area contributed by atoms with Gasteiger partial charge in [0.05, 0.1) is 6.61 Å². The van der Waals surface area contributed by atoms with Crippen molar-refractivity contribution in [2.45, 2.75) is 12.8 Å². The number of ether oxygens (including phenoxy) is 1. The van der Waals surface area contributed by atoms with E-state index in [2.05, 4.69) is 10.5 Å². The highest BCUT2D eigenvalue weighted by atomic mass is 35.5. The second-order valence-electron chi connectivity index (χ2n) is 6.16. The predicted octanol–water partition coefficient (Wildman–Crippen LogP) is 4.12. The normalized spacial score (nSPS) is 15.8. The molecule has 0 bridgehead atoms. The largest absolute Gasteiger partial charge is 0.493 e. The summed E-state index contributed by atoms with van der Waals surface area (Å²) in [4.78, 5) is 5.05. The fourth-order valence-corrected chi connectivity index (χ4v) is 3.09. The van der Waals surface area contributed by atoms with Crippen molar-refractivity contribution in [3.8, 4) is 5.75 Å². The van der Waals surface area contributed by atoms with Gasteiger partial charge in [0.1, 0.15) is 18.6 Å². The number of oxime groups is 1. The molecule has 2 aromatic rings. The van der Waals surface area contributed by atoms with E-state index in [1.165, 1.54) is 12.8 Å². The zero-order valence-corrected chi connectivity index (χ0v) is 15.1. The first-order valence-electron chi connectivity index (χ1n) is 8.57. The summed E-state index contributed by atoms with van der Waals surface area (Å²) in [5.41, 5.74) is 2.65. The van der Waals surface area contributed by atoms with Crippen LogP contribution in [0.1, 0.15) is 24.0 Å². The molecule has 0 unspecified atom stereocenters. The molecule has 0 aromatic heterocycles. The quantitative estimate of drug-likeness (QED) is 0.624. The summed E-state index contributed by atoms with van der Waals surface area (Å²) >= 11 is 5.98. The maximum Gasteiger partial charge on any atom is 0.119 e. The lowest BCUT2D eigenvalue weighted by Crippen LogP contribution is -2.30. The summed E-state index contributed by atoms with van der Waals surface area (Å²) in [6.07, 6.45) is 2.34. The maximum absolute atomic E-state index is 6.02. The molecule has 4 nitrogen and oxygen atoms in total. The molecule has 132 valence electrons. The SMILES string of the molecule is CO/N=C(\c1ccc(Cl)cc1)c1cccc(OCC2CCNCC2)c1. The van der Waals surface area contributed by atoms with Crippen LogP contribution in [-0.2, 0) is 4.84 Å². The lowest BCUT2D eigenvalue weighted by Gasteiger charge is -2.22. The molecule has 0 atom stereocenters. The van der Waals surface area contributed by atoms with E-state index in [0.717, 1.165) is 42.3 Å². The number of benzene rings is 2. The molecule has 1 aliphatic heterocycles. The summed E-state index contributed by atoms with van der Waals surface area (Å²) in [5.74, 6) is 1.47. The fourth-order valence-electron chi connectivity index (χ4n) is 2.97. The Morgan fingerprint density at radius 2 is 1.88 bits per heavy atom. The van der Waals surface area contributed by atoms with Gasteiger partial charge in [0.15, 0.2) is 0 Å². The minimum absolute atomic E-state index is 0.619. The molecule has 0 radical (unpaired) electrons. The second-order valence-corrected chi connectivity index (χ2v) is 6.60. The Labute approximate surface area is 153 Å². The standard InChI is InChI=1S/C20H23ClN2O2/c1-24-23-20(16-5-7-18(21)8-6-16)17-3-2-4-19(13-17)25-14-15-9-11-22-12-10-15/h2-8,13,15,22H,9-12,14H2,1H3/b23-20+. The third kappa shape index (κ3) is 4.97. The van der Waals surface area contributed by atoms with Crippen LogP contribution in [0.3, 0.4) is 0 Å². The summed E-state index contributed by atoms with van der Waals surface area (Å²) in [6, 6.07) is 15.5. The van der Waals surface area contributed by atoms with Crippen LogP contribution >= 0.6 is 11.6 Å². The van der Waals surface area contributed by atoms with Crippen LogP contribution in [0.4, 0.5) is 0 Å². The topological polar surface area (TPSA) is 42.9 Å². The van der Waals surface area contributed by atoms with Crippen LogP contribution in [0.5, 0.6) is 5.75 Å². The average Bonchev–Trinajstić information content (AvgIpc) is 2.66. The minimum Gasteiger partial charge on any atom is -0.493 e. The van der Waals surface area contributed by atoms with E-state index in [1.807, 2.05) is 48.5 Å². The van der Waals surface area contributed by atoms with Crippen molar-refractivity contribution in [1.29, 1.82) is 0 Å². The Bertz CT molecular complexity index is 710. The highest BCUT2D eigenvalue weighted by Gasteiger charge is 2.14. The van der Waals surface area contributed by atoms with Gasteiger partial charge in [0.2, 0.25) is 0 Å². The zero-order chi connectivity index (χ0) is 17.5. The molecule has 1 fully saturated rings. The molecular formula is C20H23ClN2O2. The van der Waals surface area contributed by atoms with E-state index in [0.29, 0.717) is 10.9 Å². The van der Waals surface area contributed by atoms with Gasteiger partial charge in [0.25, 0.3) is 0 Å². The van der Waals surface area contributed by atoms with Crippen LogP contribution < -0.4 is 10.1 Å². The van der Waals surface area contributed by atoms with E-state index in [4.69, 9.17) is 21.2 Å². The van der Waals surface area contributed by atoms with Gasteiger partial charge in [-0.15, -0.1) is 0 Å². The van der Waals surface area contributed by atoms with Gasteiger partial charge < -0.3 is 14.9 Å². The molecule has 3 rings (SSSR count). The third-order valence-electron chi connectivity index (χ3n) is 4.35. The predicted molar refractivity (Wildman–Crippen MR) is 102 cm³/mol. The molecule has 2 aromatic carbocycles. The van der Waals surface area contributed by atoms with Gasteiger partial charge in [-0.05, 0) is 56.1 Å². The van der Waals surface area contributed by atoms with Crippen molar-refractivity contribution in [3.63, 3.8) is 0 Å². The van der Waals surface area contributed by atoms with E-state index >= 15 is 0 Å². The molecule has 0 saturated carbocycles. The molecule has 0 spiro atoms.